The van der Waals surface area contributed by atoms with Gasteiger partial charge >= 0.3 is 0 Å². The lowest BCUT2D eigenvalue weighted by molar-refractivity contribution is -0.202. The second-order valence-corrected chi connectivity index (χ2v) is 8.31. The zero-order valence-corrected chi connectivity index (χ0v) is 18.5. The zero-order valence-electron chi connectivity index (χ0n) is 18.5. The van der Waals surface area contributed by atoms with Gasteiger partial charge in [-0.25, -0.2) is 0 Å². The summed E-state index contributed by atoms with van der Waals surface area (Å²) in [5.74, 6) is 0. The molecule has 6 heteroatoms. The van der Waals surface area contributed by atoms with E-state index in [0.29, 0.717) is 19.6 Å². The molecule has 0 unspecified atom stereocenters. The zero-order chi connectivity index (χ0) is 22.9. The maximum absolute atomic E-state index is 11.0. The Kier molecular flexibility index (Phi) is 8.60. The van der Waals surface area contributed by atoms with Gasteiger partial charge in [0.25, 0.3) is 0 Å². The van der Waals surface area contributed by atoms with Crippen molar-refractivity contribution in [2.75, 3.05) is 0 Å². The second-order valence-electron chi connectivity index (χ2n) is 8.31. The summed E-state index contributed by atoms with van der Waals surface area (Å²) < 4.78 is 12.1. The summed E-state index contributed by atoms with van der Waals surface area (Å²) >= 11 is 0. The number of aliphatic hydroxyl groups excluding tert-OH is 2. The van der Waals surface area contributed by atoms with Gasteiger partial charge in [-0.1, -0.05) is 91.0 Å². The van der Waals surface area contributed by atoms with Crippen LogP contribution in [0.15, 0.2) is 91.0 Å². The molecule has 1 aliphatic rings. The van der Waals surface area contributed by atoms with Crippen LogP contribution in [0.25, 0.3) is 0 Å². The fourth-order valence-electron chi connectivity index (χ4n) is 4.00. The van der Waals surface area contributed by atoms with Crippen LogP contribution in [0.1, 0.15) is 23.1 Å². The number of hydrogen-bond acceptors (Lipinski definition) is 6. The minimum atomic E-state index is -0.973. The Bertz CT molecular complexity index is 941. The van der Waals surface area contributed by atoms with Crippen LogP contribution in [0.4, 0.5) is 0 Å². The summed E-state index contributed by atoms with van der Waals surface area (Å²) in [5.41, 5.74) is 5.98. The molecule has 6 nitrogen and oxygen atoms in total. The van der Waals surface area contributed by atoms with E-state index in [1.807, 2.05) is 91.0 Å². The monoisotopic (exact) mass is 449 g/mol. The van der Waals surface area contributed by atoms with Crippen molar-refractivity contribution in [3.63, 3.8) is 0 Å². The lowest BCUT2D eigenvalue weighted by atomic mass is 9.85. The van der Waals surface area contributed by atoms with E-state index in [1.165, 1.54) is 0 Å². The lowest BCUT2D eigenvalue weighted by Gasteiger charge is -2.42. The Labute approximate surface area is 194 Å². The summed E-state index contributed by atoms with van der Waals surface area (Å²) in [6, 6.07) is 28.8. The molecule has 174 valence electrons. The number of nitrogens with one attached hydrogen (secondary N) is 1. The molecule has 3 N–H and O–H groups in total. The quantitative estimate of drug-likeness (QED) is 0.412. The van der Waals surface area contributed by atoms with Crippen LogP contribution in [0.5, 0.6) is 0 Å². The maximum atomic E-state index is 11.0. The molecule has 0 aliphatic heterocycles. The molecule has 0 bridgehead atoms. The fraction of sp³-hybridized carbons (Fsp3) is 0.333. The van der Waals surface area contributed by atoms with Gasteiger partial charge in [0.15, 0.2) is 0 Å². The van der Waals surface area contributed by atoms with Crippen LogP contribution in [0.2, 0.25) is 0 Å². The highest BCUT2D eigenvalue weighted by molar-refractivity contribution is 5.15. The minimum Gasteiger partial charge on any atom is -0.389 e. The number of ether oxygens (including phenoxy) is 2. The Morgan fingerprint density at radius 3 is 1.67 bits per heavy atom. The molecule has 0 heterocycles. The number of aliphatic hydroxyl groups is 2. The van der Waals surface area contributed by atoms with Crippen molar-refractivity contribution < 1.29 is 24.5 Å². The molecule has 4 rings (SSSR count). The molecule has 3 aromatic carbocycles. The highest BCUT2D eigenvalue weighted by Gasteiger charge is 2.45. The highest BCUT2D eigenvalue weighted by atomic mass is 16.6. The van der Waals surface area contributed by atoms with Gasteiger partial charge in [-0.3, -0.25) is 4.84 Å². The Balaban J connectivity index is 1.41. The third-order valence-corrected chi connectivity index (χ3v) is 5.86. The van der Waals surface area contributed by atoms with Crippen molar-refractivity contribution in [2.45, 2.75) is 56.7 Å². The maximum Gasteiger partial charge on any atom is 0.114 e. The van der Waals surface area contributed by atoms with Crippen molar-refractivity contribution in [1.29, 1.82) is 0 Å². The highest BCUT2D eigenvalue weighted by Crippen LogP contribution is 2.27. The molecule has 3 aromatic rings. The van der Waals surface area contributed by atoms with Gasteiger partial charge in [-0.05, 0) is 23.1 Å². The number of rotatable bonds is 10. The van der Waals surface area contributed by atoms with Crippen LogP contribution in [0, 0.1) is 0 Å². The van der Waals surface area contributed by atoms with Crippen LogP contribution >= 0.6 is 0 Å². The van der Waals surface area contributed by atoms with Crippen molar-refractivity contribution in [3.8, 4) is 0 Å². The molecule has 0 amide bonds. The summed E-state index contributed by atoms with van der Waals surface area (Å²) in [6.07, 6.45) is -2.89. The third-order valence-electron chi connectivity index (χ3n) is 5.86. The fourth-order valence-corrected chi connectivity index (χ4v) is 4.00. The number of benzene rings is 3. The summed E-state index contributed by atoms with van der Waals surface area (Å²) in [5, 5.41) is 22.0. The summed E-state index contributed by atoms with van der Waals surface area (Å²) in [6.45, 7) is 1.00. The van der Waals surface area contributed by atoms with Crippen molar-refractivity contribution in [2.24, 2.45) is 0 Å². The van der Waals surface area contributed by atoms with Gasteiger partial charge in [0.1, 0.15) is 18.3 Å². The van der Waals surface area contributed by atoms with Crippen molar-refractivity contribution in [3.05, 3.63) is 108 Å². The second kappa shape index (κ2) is 12.0. The van der Waals surface area contributed by atoms with Crippen molar-refractivity contribution in [1.82, 2.24) is 5.48 Å². The predicted octanol–water partition coefficient (Wildman–Crippen LogP) is 3.37. The Morgan fingerprint density at radius 1 is 0.636 bits per heavy atom. The average Bonchev–Trinajstić information content (AvgIpc) is 2.86. The average molecular weight is 450 g/mol. The molecule has 0 spiro atoms. The van der Waals surface area contributed by atoms with Crippen LogP contribution in [-0.4, -0.2) is 40.7 Å². The molecule has 1 saturated carbocycles. The first-order valence-corrected chi connectivity index (χ1v) is 11.3. The molecule has 5 atom stereocenters. The van der Waals surface area contributed by atoms with E-state index in [-0.39, 0.29) is 6.61 Å². The largest absolute Gasteiger partial charge is 0.389 e. The molecule has 1 fully saturated rings. The first-order chi connectivity index (χ1) is 16.2. The van der Waals surface area contributed by atoms with E-state index in [0.717, 1.165) is 16.7 Å². The number of hydroxylamine groups is 1. The van der Waals surface area contributed by atoms with E-state index < -0.39 is 30.5 Å². The van der Waals surface area contributed by atoms with Crippen LogP contribution in [0.3, 0.4) is 0 Å². The molecular weight excluding hydrogens is 418 g/mol. The van der Waals surface area contributed by atoms with E-state index in [1.54, 1.807) is 0 Å². The van der Waals surface area contributed by atoms with Gasteiger partial charge in [0, 0.05) is 0 Å². The van der Waals surface area contributed by atoms with Crippen LogP contribution in [-0.2, 0) is 34.1 Å². The molecule has 1 aliphatic carbocycles. The smallest absolute Gasteiger partial charge is 0.114 e. The van der Waals surface area contributed by atoms with Gasteiger partial charge in [0.05, 0.1) is 32.0 Å². The molecule has 0 saturated heterocycles. The molecular formula is C27H31NO5. The van der Waals surface area contributed by atoms with Crippen LogP contribution < -0.4 is 5.48 Å². The van der Waals surface area contributed by atoms with E-state index >= 15 is 0 Å². The molecule has 0 aromatic heterocycles. The van der Waals surface area contributed by atoms with E-state index in [9.17, 15) is 10.2 Å². The van der Waals surface area contributed by atoms with Gasteiger partial charge in [0.2, 0.25) is 0 Å². The van der Waals surface area contributed by atoms with Gasteiger partial charge in [-0.15, -0.1) is 0 Å². The SMILES string of the molecule is O[C@@H]1[C@@H](OCc2ccccc2)[C@H](O)[C@H](OCc2ccccc2)C[C@H]1NOCc1ccccc1. The van der Waals surface area contributed by atoms with Gasteiger partial charge in [-0.2, -0.15) is 5.48 Å². The lowest BCUT2D eigenvalue weighted by Crippen LogP contribution is -2.61. The van der Waals surface area contributed by atoms with Gasteiger partial charge < -0.3 is 19.7 Å². The normalized spacial score (nSPS) is 25.1. The first-order valence-electron chi connectivity index (χ1n) is 11.3. The molecule has 0 radical (unpaired) electrons. The summed E-state index contributed by atoms with van der Waals surface area (Å²) in [7, 11) is 0. The minimum absolute atomic E-state index is 0.280. The first kappa shape index (κ1) is 23.6. The van der Waals surface area contributed by atoms with E-state index in [2.05, 4.69) is 5.48 Å². The Hall–Kier alpha value is -2.58. The topological polar surface area (TPSA) is 80.2 Å². The summed E-state index contributed by atoms with van der Waals surface area (Å²) in [4.78, 5) is 5.68. The van der Waals surface area contributed by atoms with E-state index in [4.69, 9.17) is 14.3 Å². The standard InChI is InChI=1S/C27H31NO5/c29-25-23(28-33-19-22-14-8-3-9-15-22)16-24(31-17-20-10-4-1-5-11-20)26(30)27(25)32-18-21-12-6-2-7-13-21/h1-15,23-30H,16-19H2/t23-,24-,25+,26-,27-/m1/s1. The molecule has 33 heavy (non-hydrogen) atoms. The number of hydrogen-bond donors (Lipinski definition) is 3. The van der Waals surface area contributed by atoms with Crippen molar-refractivity contribution >= 4 is 0 Å². The third kappa shape index (κ3) is 6.71. The Morgan fingerprint density at radius 2 is 1.12 bits per heavy atom. The predicted molar refractivity (Wildman–Crippen MR) is 125 cm³/mol.